The lowest BCUT2D eigenvalue weighted by atomic mass is 9.99. The van der Waals surface area contributed by atoms with E-state index in [-0.39, 0.29) is 11.7 Å². The number of carbonyl (C=O) groups excluding carboxylic acids is 1. The lowest BCUT2D eigenvalue weighted by Gasteiger charge is -2.22. The molecule has 1 aliphatic rings. The molecule has 0 saturated carbocycles. The Bertz CT molecular complexity index is 1780. The van der Waals surface area contributed by atoms with Gasteiger partial charge in [0, 0.05) is 53.2 Å². The summed E-state index contributed by atoms with van der Waals surface area (Å²) in [6, 6.07) is 18.1. The highest BCUT2D eigenvalue weighted by molar-refractivity contribution is 6.00. The quantitative estimate of drug-likeness (QED) is 0.179. The van der Waals surface area contributed by atoms with Gasteiger partial charge in [-0.2, -0.15) is 0 Å². The Labute approximate surface area is 250 Å². The number of halogens is 1. The Morgan fingerprint density at radius 2 is 1.93 bits per heavy atom. The number of H-pyrrole nitrogens is 1. The van der Waals surface area contributed by atoms with Crippen LogP contribution in [0.25, 0.3) is 22.0 Å². The number of benzene rings is 3. The first kappa shape index (κ1) is 28.2. The highest BCUT2D eigenvalue weighted by atomic mass is 19.1. The van der Waals surface area contributed by atoms with Crippen molar-refractivity contribution in [2.45, 2.75) is 39.2 Å². The lowest BCUT2D eigenvalue weighted by Crippen LogP contribution is -2.28. The maximum absolute atomic E-state index is 16.1. The fourth-order valence-corrected chi connectivity index (χ4v) is 5.71. The molecule has 220 valence electrons. The van der Waals surface area contributed by atoms with Crippen molar-refractivity contribution in [2.24, 2.45) is 0 Å². The topological polar surface area (TPSA) is 109 Å². The Hall–Kier alpha value is -4.92. The van der Waals surface area contributed by atoms with Gasteiger partial charge in [-0.25, -0.2) is 14.4 Å². The van der Waals surface area contributed by atoms with E-state index in [1.54, 1.807) is 18.5 Å². The highest BCUT2D eigenvalue weighted by Gasteiger charge is 2.27. The summed E-state index contributed by atoms with van der Waals surface area (Å²) in [5, 5.41) is 5.25. The molecule has 0 radical (unpaired) electrons. The van der Waals surface area contributed by atoms with E-state index >= 15 is 4.39 Å². The summed E-state index contributed by atoms with van der Waals surface area (Å²) >= 11 is 0. The van der Waals surface area contributed by atoms with Crippen molar-refractivity contribution in [1.82, 2.24) is 19.9 Å². The molecule has 4 N–H and O–H groups in total. The summed E-state index contributed by atoms with van der Waals surface area (Å²) in [4.78, 5) is 27.7. The molecular weight excluding hydrogens is 543 g/mol. The van der Waals surface area contributed by atoms with E-state index in [1.165, 1.54) is 0 Å². The fraction of sp³-hybridized carbons (Fsp3) is 0.265. The number of fused-ring (bicyclic) bond motifs is 1. The first-order valence-electron chi connectivity index (χ1n) is 14.8. The fourth-order valence-electron chi connectivity index (χ4n) is 5.71. The number of rotatable bonds is 9. The maximum atomic E-state index is 16.1. The van der Waals surface area contributed by atoms with E-state index in [0.717, 1.165) is 53.5 Å². The number of likely N-dealkylation sites (tertiary alicyclic amines) is 1. The van der Waals surface area contributed by atoms with Gasteiger partial charge in [0.1, 0.15) is 17.7 Å². The maximum Gasteiger partial charge on any atom is 0.254 e. The van der Waals surface area contributed by atoms with Crippen LogP contribution in [0.5, 0.6) is 5.75 Å². The van der Waals surface area contributed by atoms with Gasteiger partial charge < -0.3 is 25.7 Å². The summed E-state index contributed by atoms with van der Waals surface area (Å²) in [5.74, 6) is 0.701. The van der Waals surface area contributed by atoms with Crippen molar-refractivity contribution in [3.8, 4) is 17.0 Å². The van der Waals surface area contributed by atoms with Gasteiger partial charge in [0.05, 0.1) is 12.3 Å². The Kier molecular flexibility index (Phi) is 7.96. The minimum atomic E-state index is -0.697. The summed E-state index contributed by atoms with van der Waals surface area (Å²) in [5.41, 5.74) is 10.1. The molecule has 0 bridgehead atoms. The van der Waals surface area contributed by atoms with Crippen LogP contribution in [0.4, 0.5) is 15.9 Å². The third-order valence-corrected chi connectivity index (χ3v) is 7.95. The van der Waals surface area contributed by atoms with Crippen molar-refractivity contribution in [2.75, 3.05) is 30.7 Å². The molecule has 0 spiro atoms. The summed E-state index contributed by atoms with van der Waals surface area (Å²) < 4.78 is 21.8. The van der Waals surface area contributed by atoms with Crippen LogP contribution in [0.15, 0.2) is 73.1 Å². The van der Waals surface area contributed by atoms with Crippen molar-refractivity contribution in [3.63, 3.8) is 0 Å². The number of nitrogen functional groups attached to an aromatic ring is 1. The summed E-state index contributed by atoms with van der Waals surface area (Å²) in [6.07, 6.45) is 6.17. The van der Waals surface area contributed by atoms with Crippen molar-refractivity contribution >= 4 is 28.2 Å². The number of pyridine rings is 1. The molecule has 9 heteroatoms. The minimum Gasteiger partial charge on any atom is -0.491 e. The average molecular weight is 579 g/mol. The van der Waals surface area contributed by atoms with E-state index < -0.39 is 11.9 Å². The van der Waals surface area contributed by atoms with Crippen LogP contribution < -0.4 is 15.8 Å². The predicted molar refractivity (Wildman–Crippen MR) is 168 cm³/mol. The van der Waals surface area contributed by atoms with Crippen molar-refractivity contribution in [1.29, 1.82) is 0 Å². The minimum absolute atomic E-state index is 0.000277. The highest BCUT2D eigenvalue weighted by Crippen LogP contribution is 2.35. The third kappa shape index (κ3) is 5.62. The van der Waals surface area contributed by atoms with Crippen LogP contribution in [0.3, 0.4) is 0 Å². The zero-order valence-corrected chi connectivity index (χ0v) is 24.4. The number of nitrogens with one attached hydrogen (secondary N) is 2. The zero-order valence-electron chi connectivity index (χ0n) is 24.4. The van der Waals surface area contributed by atoms with Crippen LogP contribution in [0.1, 0.15) is 60.0 Å². The molecule has 1 unspecified atom stereocenters. The molecule has 1 atom stereocenters. The third-order valence-electron chi connectivity index (χ3n) is 7.95. The van der Waals surface area contributed by atoms with Gasteiger partial charge in [-0.1, -0.05) is 31.2 Å². The van der Waals surface area contributed by atoms with Gasteiger partial charge in [0.2, 0.25) is 0 Å². The van der Waals surface area contributed by atoms with Gasteiger partial charge in [-0.3, -0.25) is 4.79 Å². The molecule has 6 rings (SSSR count). The van der Waals surface area contributed by atoms with Crippen LogP contribution >= 0.6 is 0 Å². The molecule has 43 heavy (non-hydrogen) atoms. The first-order valence-corrected chi connectivity index (χ1v) is 14.8. The first-order chi connectivity index (χ1) is 21.0. The van der Waals surface area contributed by atoms with Gasteiger partial charge in [0.25, 0.3) is 5.91 Å². The van der Waals surface area contributed by atoms with E-state index in [1.807, 2.05) is 73.3 Å². The average Bonchev–Trinajstić information content (AvgIpc) is 3.74. The number of aromatic nitrogens is 3. The molecule has 1 saturated heterocycles. The van der Waals surface area contributed by atoms with Gasteiger partial charge >= 0.3 is 0 Å². The molecule has 3 aromatic carbocycles. The number of imidazole rings is 1. The van der Waals surface area contributed by atoms with Gasteiger partial charge in [-0.05, 0) is 73.5 Å². The number of ether oxygens (including phenoxy) is 1. The second kappa shape index (κ2) is 12.1. The smallest absolute Gasteiger partial charge is 0.254 e. The molecule has 1 amide bonds. The summed E-state index contributed by atoms with van der Waals surface area (Å²) in [6.45, 7) is 5.72. The number of amides is 1. The largest absolute Gasteiger partial charge is 0.491 e. The molecule has 3 heterocycles. The normalized spacial score (nSPS) is 13.8. The molecule has 2 aromatic heterocycles. The molecule has 1 aliphatic heterocycles. The van der Waals surface area contributed by atoms with E-state index in [0.29, 0.717) is 41.5 Å². The molecule has 5 aromatic rings. The number of nitrogens with two attached hydrogens (primary N) is 1. The number of nitrogens with zero attached hydrogens (tertiary/aromatic N) is 3. The van der Waals surface area contributed by atoms with Crippen LogP contribution in [-0.4, -0.2) is 45.5 Å². The lowest BCUT2D eigenvalue weighted by molar-refractivity contribution is 0.0793. The van der Waals surface area contributed by atoms with E-state index in [9.17, 15) is 4.79 Å². The van der Waals surface area contributed by atoms with Crippen molar-refractivity contribution in [3.05, 3.63) is 101 Å². The molecule has 1 fully saturated rings. The SMILES string of the molecule is CCOc1cc(CC)cc(C(Nc2ccc3c(N)nccc3c2)c2nc(-c3ccccc3C(=O)N3CCCC3)c[nH]2)c1F. The standard InChI is InChI=1S/C34H35FN6O2/c1-3-21-17-27(30(35)29(18-21)43-4-2)31(39-23-11-12-24-22(19-23)13-14-37-32(24)36)33-38-20-28(40-33)25-9-5-6-10-26(25)34(42)41-15-7-8-16-41/h5-6,9-14,17-20,31,39H,3-4,7-8,15-16H2,1-2H3,(H2,36,37)(H,38,40). The number of aromatic amines is 1. The predicted octanol–water partition coefficient (Wildman–Crippen LogP) is 6.74. The van der Waals surface area contributed by atoms with Crippen LogP contribution in [0, 0.1) is 5.82 Å². The second-order valence-electron chi connectivity index (χ2n) is 10.7. The number of hydrogen-bond donors (Lipinski definition) is 3. The Balaban J connectivity index is 1.44. The molecule has 0 aliphatic carbocycles. The van der Waals surface area contributed by atoms with Crippen molar-refractivity contribution < 1.29 is 13.9 Å². The van der Waals surface area contributed by atoms with Crippen LogP contribution in [0.2, 0.25) is 0 Å². The Morgan fingerprint density at radius 3 is 2.72 bits per heavy atom. The van der Waals surface area contributed by atoms with Gasteiger partial charge in [0.15, 0.2) is 11.6 Å². The number of hydrogen-bond acceptors (Lipinski definition) is 6. The number of carbonyl (C=O) groups is 1. The van der Waals surface area contributed by atoms with E-state index in [2.05, 4.69) is 15.3 Å². The zero-order chi connectivity index (χ0) is 29.9. The number of aryl methyl sites for hydroxylation is 1. The second-order valence-corrected chi connectivity index (χ2v) is 10.7. The summed E-state index contributed by atoms with van der Waals surface area (Å²) in [7, 11) is 0. The Morgan fingerprint density at radius 1 is 1.12 bits per heavy atom. The van der Waals surface area contributed by atoms with E-state index in [4.69, 9.17) is 15.5 Å². The molecule has 8 nitrogen and oxygen atoms in total. The van der Waals surface area contributed by atoms with Gasteiger partial charge in [-0.15, -0.1) is 0 Å². The number of anilines is 2. The monoisotopic (exact) mass is 578 g/mol. The van der Waals surface area contributed by atoms with Crippen LogP contribution in [-0.2, 0) is 6.42 Å². The molecular formula is C34H35FN6O2.